The van der Waals surface area contributed by atoms with Crippen molar-refractivity contribution in [2.75, 3.05) is 12.1 Å². The van der Waals surface area contributed by atoms with Gasteiger partial charge in [-0.15, -0.1) is 0 Å². The van der Waals surface area contributed by atoms with Crippen LogP contribution in [0.2, 0.25) is 0 Å². The number of halogens is 2. The standard InChI is InChI=1S/C18H17F2N3O3.C2H6/c1-11(14-4-3-7-21-17(14)23(2)26)15(10-24)18(25)22-9-12-5-6-13(19)8-16(12)20;1-2/h3-8,10,26H,9H2,1-2H3,(H,22,25);1-2H3/b15-11+;. The van der Waals surface area contributed by atoms with Crippen molar-refractivity contribution in [3.8, 4) is 0 Å². The molecule has 2 rings (SSSR count). The molecule has 1 aromatic carbocycles. The molecule has 0 spiro atoms. The number of carbonyl (C=O) groups excluding carboxylic acids is 2. The van der Waals surface area contributed by atoms with Gasteiger partial charge in [0.15, 0.2) is 12.1 Å². The Morgan fingerprint density at radius 2 is 1.96 bits per heavy atom. The maximum atomic E-state index is 13.6. The summed E-state index contributed by atoms with van der Waals surface area (Å²) in [5.41, 5.74) is 0.576. The first-order valence-electron chi connectivity index (χ1n) is 8.61. The Morgan fingerprint density at radius 3 is 2.54 bits per heavy atom. The first-order chi connectivity index (χ1) is 13.3. The van der Waals surface area contributed by atoms with E-state index in [1.807, 2.05) is 13.8 Å². The lowest BCUT2D eigenvalue weighted by Gasteiger charge is -2.15. The molecule has 2 aromatic rings. The summed E-state index contributed by atoms with van der Waals surface area (Å²) in [5, 5.41) is 12.8. The number of hydrogen-bond donors (Lipinski definition) is 2. The number of allylic oxidation sites excluding steroid dienone is 1. The second-order valence-corrected chi connectivity index (χ2v) is 5.47. The summed E-state index contributed by atoms with van der Waals surface area (Å²) in [5.74, 6) is -2.08. The lowest BCUT2D eigenvalue weighted by Crippen LogP contribution is -2.26. The Morgan fingerprint density at radius 1 is 1.29 bits per heavy atom. The van der Waals surface area contributed by atoms with Crippen LogP contribution in [0, 0.1) is 11.6 Å². The largest absolute Gasteiger partial charge is 0.348 e. The molecule has 0 radical (unpaired) electrons. The molecule has 0 atom stereocenters. The van der Waals surface area contributed by atoms with E-state index in [-0.39, 0.29) is 23.5 Å². The van der Waals surface area contributed by atoms with Crippen molar-refractivity contribution in [1.29, 1.82) is 0 Å². The molecular weight excluding hydrogens is 368 g/mol. The zero-order valence-corrected chi connectivity index (χ0v) is 16.2. The van der Waals surface area contributed by atoms with Gasteiger partial charge in [0.05, 0.1) is 5.57 Å². The minimum atomic E-state index is -0.796. The molecule has 0 fully saturated rings. The number of carbonyl (C=O) groups is 2. The molecule has 6 nitrogen and oxygen atoms in total. The van der Waals surface area contributed by atoms with E-state index in [0.717, 1.165) is 11.1 Å². The van der Waals surface area contributed by atoms with Gasteiger partial charge in [0.2, 0.25) is 0 Å². The van der Waals surface area contributed by atoms with Crippen molar-refractivity contribution in [2.45, 2.75) is 27.3 Å². The van der Waals surface area contributed by atoms with E-state index in [2.05, 4.69) is 10.3 Å². The maximum Gasteiger partial charge on any atom is 0.255 e. The first-order valence-corrected chi connectivity index (χ1v) is 8.61. The van der Waals surface area contributed by atoms with Crippen LogP contribution in [0.15, 0.2) is 42.1 Å². The van der Waals surface area contributed by atoms with E-state index in [9.17, 15) is 23.6 Å². The lowest BCUT2D eigenvalue weighted by atomic mass is 10.0. The highest BCUT2D eigenvalue weighted by molar-refractivity contribution is 6.17. The van der Waals surface area contributed by atoms with Crippen molar-refractivity contribution in [3.05, 3.63) is 64.9 Å². The Balaban J connectivity index is 0.00000190. The predicted molar refractivity (Wildman–Crippen MR) is 103 cm³/mol. The van der Waals surface area contributed by atoms with E-state index in [1.165, 1.54) is 26.2 Å². The van der Waals surface area contributed by atoms with Gasteiger partial charge in [-0.2, -0.15) is 0 Å². The Labute approximate surface area is 162 Å². The fraction of sp³-hybridized carbons (Fsp3) is 0.250. The zero-order chi connectivity index (χ0) is 21.3. The fourth-order valence-corrected chi connectivity index (χ4v) is 2.34. The SMILES string of the molecule is C/C(=C(/C=O)C(=O)NCc1ccc(F)cc1F)c1cccnc1N(C)O.CC. The number of benzene rings is 1. The van der Waals surface area contributed by atoms with Crippen LogP contribution in [0.1, 0.15) is 31.9 Å². The Bertz CT molecular complexity index is 868. The summed E-state index contributed by atoms with van der Waals surface area (Å²) < 4.78 is 26.5. The molecule has 28 heavy (non-hydrogen) atoms. The molecule has 0 bridgehead atoms. The molecule has 150 valence electrons. The summed E-state index contributed by atoms with van der Waals surface area (Å²) >= 11 is 0. The number of nitrogens with one attached hydrogen (secondary N) is 1. The van der Waals surface area contributed by atoms with Crippen molar-refractivity contribution in [3.63, 3.8) is 0 Å². The number of aromatic nitrogens is 1. The Hall–Kier alpha value is -3.13. The first kappa shape index (κ1) is 22.9. The molecule has 2 N–H and O–H groups in total. The molecule has 0 aliphatic carbocycles. The van der Waals surface area contributed by atoms with Crippen molar-refractivity contribution < 1.29 is 23.6 Å². The number of hydroxylamine groups is 1. The number of amides is 1. The summed E-state index contributed by atoms with van der Waals surface area (Å²) in [6.07, 6.45) is 1.83. The minimum Gasteiger partial charge on any atom is -0.348 e. The van der Waals surface area contributed by atoms with Crippen LogP contribution in [-0.4, -0.2) is 29.4 Å². The highest BCUT2D eigenvalue weighted by atomic mass is 19.1. The molecule has 0 aliphatic heterocycles. The van der Waals surface area contributed by atoms with Crippen LogP contribution in [0.5, 0.6) is 0 Å². The van der Waals surface area contributed by atoms with Crippen molar-refractivity contribution >= 4 is 23.6 Å². The summed E-state index contributed by atoms with van der Waals surface area (Å²) in [7, 11) is 1.36. The second-order valence-electron chi connectivity index (χ2n) is 5.47. The van der Waals surface area contributed by atoms with Gasteiger partial charge in [-0.3, -0.25) is 14.8 Å². The molecule has 0 aliphatic rings. The highest BCUT2D eigenvalue weighted by Gasteiger charge is 2.17. The number of hydrogen-bond acceptors (Lipinski definition) is 5. The van der Waals surface area contributed by atoms with E-state index in [0.29, 0.717) is 23.5 Å². The third-order valence-electron chi connectivity index (χ3n) is 3.72. The van der Waals surface area contributed by atoms with Crippen LogP contribution in [0.25, 0.3) is 5.57 Å². The minimum absolute atomic E-state index is 0.0832. The average molecular weight is 391 g/mol. The second kappa shape index (κ2) is 10.9. The van der Waals surface area contributed by atoms with Gasteiger partial charge in [-0.05, 0) is 30.7 Å². The highest BCUT2D eigenvalue weighted by Crippen LogP contribution is 2.25. The average Bonchev–Trinajstić information content (AvgIpc) is 2.69. The normalized spacial score (nSPS) is 11.0. The van der Waals surface area contributed by atoms with E-state index in [1.54, 1.807) is 12.1 Å². The van der Waals surface area contributed by atoms with Crippen molar-refractivity contribution in [1.82, 2.24) is 10.3 Å². The maximum absolute atomic E-state index is 13.6. The monoisotopic (exact) mass is 391 g/mol. The number of anilines is 1. The van der Waals surface area contributed by atoms with E-state index < -0.39 is 17.5 Å². The van der Waals surface area contributed by atoms with Gasteiger partial charge in [0.25, 0.3) is 5.91 Å². The van der Waals surface area contributed by atoms with Gasteiger partial charge in [0.1, 0.15) is 11.6 Å². The van der Waals surface area contributed by atoms with Crippen LogP contribution >= 0.6 is 0 Å². The van der Waals surface area contributed by atoms with Gasteiger partial charge in [-0.1, -0.05) is 19.9 Å². The number of rotatable bonds is 6. The van der Waals surface area contributed by atoms with Gasteiger partial charge in [0, 0.05) is 37.0 Å². The third kappa shape index (κ3) is 5.68. The third-order valence-corrected chi connectivity index (χ3v) is 3.72. The fourth-order valence-electron chi connectivity index (χ4n) is 2.34. The predicted octanol–water partition coefficient (Wildman–Crippen LogP) is 3.50. The van der Waals surface area contributed by atoms with Crippen LogP contribution < -0.4 is 10.4 Å². The topological polar surface area (TPSA) is 82.5 Å². The molecule has 0 unspecified atom stereocenters. The van der Waals surface area contributed by atoms with Crippen LogP contribution in [0.4, 0.5) is 14.6 Å². The lowest BCUT2D eigenvalue weighted by molar-refractivity contribution is -0.119. The van der Waals surface area contributed by atoms with Gasteiger partial charge >= 0.3 is 0 Å². The molecule has 0 saturated carbocycles. The number of pyridine rings is 1. The zero-order valence-electron chi connectivity index (χ0n) is 16.2. The number of aldehydes is 1. The van der Waals surface area contributed by atoms with Gasteiger partial charge in [-0.25, -0.2) is 18.8 Å². The van der Waals surface area contributed by atoms with Crippen LogP contribution in [-0.2, 0) is 16.1 Å². The number of nitrogens with zero attached hydrogens (tertiary/aromatic N) is 2. The quantitative estimate of drug-likeness (QED) is 0.259. The summed E-state index contributed by atoms with van der Waals surface area (Å²) in [6.45, 7) is 5.32. The molecule has 0 saturated heterocycles. The summed E-state index contributed by atoms with van der Waals surface area (Å²) in [6, 6.07) is 6.19. The van der Waals surface area contributed by atoms with Gasteiger partial charge < -0.3 is 5.32 Å². The van der Waals surface area contributed by atoms with E-state index in [4.69, 9.17) is 0 Å². The smallest absolute Gasteiger partial charge is 0.255 e. The van der Waals surface area contributed by atoms with Crippen LogP contribution in [0.3, 0.4) is 0 Å². The van der Waals surface area contributed by atoms with E-state index >= 15 is 0 Å². The molecule has 1 amide bonds. The Kier molecular flexibility index (Phi) is 8.90. The molecule has 1 heterocycles. The summed E-state index contributed by atoms with van der Waals surface area (Å²) in [4.78, 5) is 27.8. The molecular formula is C20H23F2N3O3. The van der Waals surface area contributed by atoms with Crippen molar-refractivity contribution in [2.24, 2.45) is 0 Å². The molecule has 1 aromatic heterocycles. The molecule has 8 heteroatoms.